The second kappa shape index (κ2) is 4.93. The third-order valence-electron chi connectivity index (χ3n) is 4.48. The van der Waals surface area contributed by atoms with Crippen molar-refractivity contribution >= 4 is 21.8 Å². The van der Waals surface area contributed by atoms with Crippen LogP contribution in [0.25, 0.3) is 0 Å². The predicted molar refractivity (Wildman–Crippen MR) is 80.0 cm³/mol. The quantitative estimate of drug-likeness (QED) is 0.812. The molecule has 0 spiro atoms. The van der Waals surface area contributed by atoms with E-state index in [-0.39, 0.29) is 5.41 Å². The van der Waals surface area contributed by atoms with Gasteiger partial charge in [-0.2, -0.15) is 0 Å². The van der Waals surface area contributed by atoms with E-state index in [4.69, 9.17) is 0 Å². The first kappa shape index (κ1) is 13.2. The van der Waals surface area contributed by atoms with E-state index in [9.17, 15) is 4.79 Å². The molecule has 1 amide bonds. The zero-order chi connectivity index (χ0) is 13.5. The van der Waals surface area contributed by atoms with Crippen LogP contribution >= 0.6 is 15.9 Å². The van der Waals surface area contributed by atoms with E-state index in [1.807, 2.05) is 12.1 Å². The Labute approximate surface area is 123 Å². The molecule has 1 aromatic rings. The van der Waals surface area contributed by atoms with Crippen molar-refractivity contribution in [3.8, 4) is 0 Å². The van der Waals surface area contributed by atoms with Crippen LogP contribution in [-0.2, 0) is 10.2 Å². The number of carbonyl (C=O) groups excluding carboxylic acids is 1. The summed E-state index contributed by atoms with van der Waals surface area (Å²) in [5, 5.41) is 0. The summed E-state index contributed by atoms with van der Waals surface area (Å²) in [6.45, 7) is 4.13. The fourth-order valence-electron chi connectivity index (χ4n) is 3.21. The van der Waals surface area contributed by atoms with Crippen LogP contribution < -0.4 is 0 Å². The van der Waals surface area contributed by atoms with Gasteiger partial charge in [0.05, 0.1) is 5.41 Å². The third kappa shape index (κ3) is 2.45. The molecule has 1 heterocycles. The molecule has 1 unspecified atom stereocenters. The second-order valence-corrected chi connectivity index (χ2v) is 7.01. The van der Waals surface area contributed by atoms with Gasteiger partial charge in [0.15, 0.2) is 0 Å². The first-order valence-electron chi connectivity index (χ1n) is 7.17. The molecule has 1 aliphatic carbocycles. The molecule has 3 heteroatoms. The second-order valence-electron chi connectivity index (χ2n) is 6.09. The van der Waals surface area contributed by atoms with Gasteiger partial charge in [-0.05, 0) is 49.3 Å². The minimum atomic E-state index is -0.208. The highest BCUT2D eigenvalue weighted by molar-refractivity contribution is 9.10. The lowest BCUT2D eigenvalue weighted by Gasteiger charge is -2.34. The van der Waals surface area contributed by atoms with Gasteiger partial charge in [-0.1, -0.05) is 35.0 Å². The number of rotatable bonds is 2. The first-order valence-corrected chi connectivity index (χ1v) is 7.96. The maximum Gasteiger partial charge on any atom is 0.233 e. The number of piperidine rings is 1. The van der Waals surface area contributed by atoms with E-state index in [1.165, 1.54) is 12.0 Å². The van der Waals surface area contributed by atoms with E-state index >= 15 is 0 Å². The van der Waals surface area contributed by atoms with Crippen molar-refractivity contribution in [1.82, 2.24) is 4.90 Å². The third-order valence-corrected chi connectivity index (χ3v) is 4.97. The molecule has 0 bridgehead atoms. The van der Waals surface area contributed by atoms with Gasteiger partial charge < -0.3 is 4.90 Å². The Morgan fingerprint density at radius 2 is 2.21 bits per heavy atom. The lowest BCUT2D eigenvalue weighted by molar-refractivity contribution is -0.135. The normalized spacial score (nSPS) is 25.2. The molecule has 0 radical (unpaired) electrons. The van der Waals surface area contributed by atoms with Crippen LogP contribution in [0.2, 0.25) is 0 Å². The van der Waals surface area contributed by atoms with E-state index in [0.717, 1.165) is 36.8 Å². The SMILES string of the molecule is CC1CCCN(C(=O)C2(c3cccc(Br)c3)CC2)C1. The average molecular weight is 322 g/mol. The first-order chi connectivity index (χ1) is 9.12. The lowest BCUT2D eigenvalue weighted by Crippen LogP contribution is -2.44. The lowest BCUT2D eigenvalue weighted by atomic mass is 9.92. The van der Waals surface area contributed by atoms with Gasteiger partial charge in [-0.25, -0.2) is 0 Å². The number of hydrogen-bond donors (Lipinski definition) is 0. The summed E-state index contributed by atoms with van der Waals surface area (Å²) in [7, 11) is 0. The van der Waals surface area contributed by atoms with Gasteiger partial charge in [0, 0.05) is 17.6 Å². The summed E-state index contributed by atoms with van der Waals surface area (Å²) in [5.41, 5.74) is 0.978. The molecule has 1 saturated heterocycles. The van der Waals surface area contributed by atoms with Crippen molar-refractivity contribution in [2.45, 2.75) is 38.0 Å². The molecular formula is C16H20BrNO. The molecule has 2 fully saturated rings. The van der Waals surface area contributed by atoms with Crippen molar-refractivity contribution in [1.29, 1.82) is 0 Å². The van der Waals surface area contributed by atoms with Crippen LogP contribution in [0.1, 0.15) is 38.2 Å². The molecule has 1 aromatic carbocycles. The Bertz CT molecular complexity index is 495. The summed E-state index contributed by atoms with van der Waals surface area (Å²) in [6.07, 6.45) is 4.43. The summed E-state index contributed by atoms with van der Waals surface area (Å²) in [4.78, 5) is 14.9. The highest BCUT2D eigenvalue weighted by atomic mass is 79.9. The van der Waals surface area contributed by atoms with Crippen LogP contribution in [0.3, 0.4) is 0 Å². The van der Waals surface area contributed by atoms with Crippen LogP contribution in [0.15, 0.2) is 28.7 Å². The number of likely N-dealkylation sites (tertiary alicyclic amines) is 1. The molecule has 2 nitrogen and oxygen atoms in total. The molecule has 0 N–H and O–H groups in total. The maximum atomic E-state index is 12.9. The summed E-state index contributed by atoms with van der Waals surface area (Å²) in [6, 6.07) is 8.26. The van der Waals surface area contributed by atoms with Crippen LogP contribution in [0, 0.1) is 5.92 Å². The standard InChI is InChI=1S/C16H20BrNO/c1-12-4-3-9-18(11-12)15(19)16(7-8-16)13-5-2-6-14(17)10-13/h2,5-6,10,12H,3-4,7-9,11H2,1H3. The van der Waals surface area contributed by atoms with E-state index in [1.54, 1.807) is 0 Å². The van der Waals surface area contributed by atoms with Crippen molar-refractivity contribution in [2.24, 2.45) is 5.92 Å². The van der Waals surface area contributed by atoms with Crippen LogP contribution in [0.4, 0.5) is 0 Å². The molecule has 102 valence electrons. The molecule has 3 rings (SSSR count). The molecule has 1 aliphatic heterocycles. The van der Waals surface area contributed by atoms with Crippen molar-refractivity contribution < 1.29 is 4.79 Å². The number of nitrogens with zero attached hydrogens (tertiary/aromatic N) is 1. The molecule has 19 heavy (non-hydrogen) atoms. The largest absolute Gasteiger partial charge is 0.342 e. The van der Waals surface area contributed by atoms with E-state index < -0.39 is 0 Å². The highest BCUT2D eigenvalue weighted by Crippen LogP contribution is 2.50. The fourth-order valence-corrected chi connectivity index (χ4v) is 3.61. The Morgan fingerprint density at radius 1 is 1.42 bits per heavy atom. The Morgan fingerprint density at radius 3 is 2.84 bits per heavy atom. The van der Waals surface area contributed by atoms with Gasteiger partial charge in [-0.15, -0.1) is 0 Å². The average Bonchev–Trinajstić information content (AvgIpc) is 3.19. The molecule has 1 atom stereocenters. The van der Waals surface area contributed by atoms with Gasteiger partial charge in [0.1, 0.15) is 0 Å². The number of carbonyl (C=O) groups is 1. The molecular weight excluding hydrogens is 302 g/mol. The summed E-state index contributed by atoms with van der Waals surface area (Å²) >= 11 is 3.51. The van der Waals surface area contributed by atoms with Gasteiger partial charge >= 0.3 is 0 Å². The number of halogens is 1. The molecule has 1 saturated carbocycles. The van der Waals surface area contributed by atoms with Crippen molar-refractivity contribution in [2.75, 3.05) is 13.1 Å². The Hall–Kier alpha value is -0.830. The number of amides is 1. The molecule has 0 aromatic heterocycles. The van der Waals surface area contributed by atoms with Gasteiger partial charge in [0.2, 0.25) is 5.91 Å². The van der Waals surface area contributed by atoms with Crippen molar-refractivity contribution in [3.05, 3.63) is 34.3 Å². The maximum absolute atomic E-state index is 12.9. The highest BCUT2D eigenvalue weighted by Gasteiger charge is 2.53. The van der Waals surface area contributed by atoms with E-state index in [0.29, 0.717) is 11.8 Å². The minimum Gasteiger partial charge on any atom is -0.342 e. The smallest absolute Gasteiger partial charge is 0.233 e. The predicted octanol–water partition coefficient (Wildman–Crippen LogP) is 3.74. The summed E-state index contributed by atoms with van der Waals surface area (Å²) in [5.74, 6) is 1.01. The Balaban J connectivity index is 1.82. The fraction of sp³-hybridized carbons (Fsp3) is 0.562. The van der Waals surface area contributed by atoms with Crippen LogP contribution in [0.5, 0.6) is 0 Å². The monoisotopic (exact) mass is 321 g/mol. The van der Waals surface area contributed by atoms with Crippen molar-refractivity contribution in [3.63, 3.8) is 0 Å². The zero-order valence-electron chi connectivity index (χ0n) is 11.4. The topological polar surface area (TPSA) is 20.3 Å². The Kier molecular flexibility index (Phi) is 3.42. The van der Waals surface area contributed by atoms with Gasteiger partial charge in [0.25, 0.3) is 0 Å². The summed E-state index contributed by atoms with van der Waals surface area (Å²) < 4.78 is 1.07. The number of benzene rings is 1. The number of hydrogen-bond acceptors (Lipinski definition) is 1. The molecule has 2 aliphatic rings. The zero-order valence-corrected chi connectivity index (χ0v) is 12.9. The van der Waals surface area contributed by atoms with Gasteiger partial charge in [-0.3, -0.25) is 4.79 Å². The van der Waals surface area contributed by atoms with Crippen LogP contribution in [-0.4, -0.2) is 23.9 Å². The minimum absolute atomic E-state index is 0.208. The van der Waals surface area contributed by atoms with E-state index in [2.05, 4.69) is 39.9 Å².